The van der Waals surface area contributed by atoms with E-state index in [9.17, 15) is 13.0 Å². The minimum absolute atomic E-state index is 0.0738. The smallest absolute Gasteiger partial charge is 0.307 e. The van der Waals surface area contributed by atoms with E-state index in [0.29, 0.717) is 6.42 Å². The third-order valence-corrected chi connectivity index (χ3v) is 7.69. The van der Waals surface area contributed by atoms with Crippen LogP contribution in [0.25, 0.3) is 0 Å². The van der Waals surface area contributed by atoms with Crippen LogP contribution < -0.4 is 0 Å². The molecule has 23 heavy (non-hydrogen) atoms. The van der Waals surface area contributed by atoms with Gasteiger partial charge >= 0.3 is 7.60 Å². The lowest BCUT2D eigenvalue weighted by Gasteiger charge is -2.35. The van der Waals surface area contributed by atoms with Gasteiger partial charge in [0.05, 0.1) is 17.6 Å². The Labute approximate surface area is 149 Å². The highest BCUT2D eigenvalue weighted by atomic mass is 35.6. The van der Waals surface area contributed by atoms with Gasteiger partial charge in [-0.1, -0.05) is 53.0 Å². The van der Waals surface area contributed by atoms with E-state index in [0.717, 1.165) is 0 Å². The Morgan fingerprint density at radius 2 is 1.91 bits per heavy atom. The van der Waals surface area contributed by atoms with Gasteiger partial charge in [-0.3, -0.25) is 4.57 Å². The average molecular weight is 424 g/mol. The van der Waals surface area contributed by atoms with Gasteiger partial charge in [-0.15, -0.1) is 0 Å². The summed E-state index contributed by atoms with van der Waals surface area (Å²) < 4.78 is 50.4. The van der Waals surface area contributed by atoms with Crippen molar-refractivity contribution < 1.29 is 26.2 Å². The molecule has 2 rings (SSSR count). The highest BCUT2D eigenvalue weighted by molar-refractivity contribution is 7.87. The zero-order valence-electron chi connectivity index (χ0n) is 11.9. The van der Waals surface area contributed by atoms with E-state index in [1.165, 1.54) is 24.3 Å². The van der Waals surface area contributed by atoms with Gasteiger partial charge < -0.3 is 9.05 Å². The summed E-state index contributed by atoms with van der Waals surface area (Å²) >= 11 is 17.3. The maximum absolute atomic E-state index is 12.8. The summed E-state index contributed by atoms with van der Waals surface area (Å²) in [6.07, 6.45) is 0.0228. The summed E-state index contributed by atoms with van der Waals surface area (Å²) in [7, 11) is -8.45. The number of benzene rings is 1. The molecule has 0 aliphatic carbocycles. The third kappa shape index (κ3) is 4.83. The van der Waals surface area contributed by atoms with Crippen LogP contribution in [-0.2, 0) is 27.9 Å². The molecule has 0 aromatic heterocycles. The lowest BCUT2D eigenvalue weighted by Crippen LogP contribution is -2.35. The van der Waals surface area contributed by atoms with Crippen molar-refractivity contribution in [3.8, 4) is 0 Å². The molecular weight excluding hydrogens is 410 g/mol. The molecular formula is C12H14Cl3O6PS. The minimum Gasteiger partial charge on any atom is -0.307 e. The Balaban J connectivity index is 2.36. The molecule has 1 heterocycles. The zero-order chi connectivity index (χ0) is 17.3. The van der Waals surface area contributed by atoms with Gasteiger partial charge in [0.15, 0.2) is 0 Å². The first-order valence-electron chi connectivity index (χ1n) is 6.52. The summed E-state index contributed by atoms with van der Waals surface area (Å²) in [4.78, 5) is -0.170. The number of halogens is 3. The molecule has 0 unspecified atom stereocenters. The molecule has 1 aromatic rings. The third-order valence-electron chi connectivity index (χ3n) is 2.94. The van der Waals surface area contributed by atoms with Crippen molar-refractivity contribution in [3.63, 3.8) is 0 Å². The molecule has 6 nitrogen and oxygen atoms in total. The predicted octanol–water partition coefficient (Wildman–Crippen LogP) is 4.11. The largest absolute Gasteiger partial charge is 0.365 e. The number of hydrogen-bond acceptors (Lipinski definition) is 6. The van der Waals surface area contributed by atoms with Gasteiger partial charge in [-0.2, -0.15) is 8.42 Å². The molecule has 0 spiro atoms. The van der Waals surface area contributed by atoms with Gasteiger partial charge in [0.1, 0.15) is 0 Å². The summed E-state index contributed by atoms with van der Waals surface area (Å²) in [5.74, 6) is -1.92. The Morgan fingerprint density at radius 1 is 1.30 bits per heavy atom. The lowest BCUT2D eigenvalue weighted by molar-refractivity contribution is 0.0699. The van der Waals surface area contributed by atoms with E-state index in [1.807, 2.05) is 0 Å². The average Bonchev–Trinajstić information content (AvgIpc) is 2.44. The van der Waals surface area contributed by atoms with Crippen molar-refractivity contribution in [1.82, 2.24) is 0 Å². The first kappa shape index (κ1) is 19.5. The van der Waals surface area contributed by atoms with Crippen molar-refractivity contribution in [2.24, 2.45) is 0 Å². The number of alkyl halides is 3. The molecule has 1 aliphatic rings. The number of hydrogen-bond donors (Lipinski definition) is 0. The normalized spacial score (nSPS) is 27.6. The molecule has 0 radical (unpaired) electrons. The molecule has 1 aliphatic heterocycles. The second-order valence-electron chi connectivity index (χ2n) is 4.84. The topological polar surface area (TPSA) is 78.9 Å². The van der Waals surface area contributed by atoms with Crippen LogP contribution in [0.3, 0.4) is 0 Å². The Kier molecular flexibility index (Phi) is 6.08. The van der Waals surface area contributed by atoms with Gasteiger partial charge in [0.2, 0.25) is 9.64 Å². The second kappa shape index (κ2) is 7.18. The summed E-state index contributed by atoms with van der Waals surface area (Å²) in [6.45, 7) is 1.72. The van der Waals surface area contributed by atoms with E-state index in [-0.39, 0.29) is 11.5 Å². The van der Waals surface area contributed by atoms with Crippen molar-refractivity contribution in [3.05, 3.63) is 30.3 Å². The zero-order valence-corrected chi connectivity index (χ0v) is 15.9. The molecule has 0 saturated carbocycles. The number of rotatable bonds is 4. The van der Waals surface area contributed by atoms with Crippen LogP contribution in [0.1, 0.15) is 13.3 Å². The molecule has 1 fully saturated rings. The summed E-state index contributed by atoms with van der Waals surface area (Å²) in [5, 5.41) is 0. The van der Waals surface area contributed by atoms with E-state index in [2.05, 4.69) is 0 Å². The Morgan fingerprint density at radius 3 is 2.43 bits per heavy atom. The standard InChI is InChI=1S/C12H14Cl3O6PS/c1-9-7-8-19-22(16,20-9)11(12(13,14)15)21-23(17,18)10-5-3-2-4-6-10/h2-6,9,11H,7-8H2,1H3/t9-,11-,22+/m1/s1. The predicted molar refractivity (Wildman–Crippen MR) is 87.5 cm³/mol. The molecule has 0 bridgehead atoms. The minimum atomic E-state index is -4.33. The highest BCUT2D eigenvalue weighted by Gasteiger charge is 2.54. The quantitative estimate of drug-likeness (QED) is 0.412. The van der Waals surface area contributed by atoms with E-state index in [4.69, 9.17) is 48.0 Å². The van der Waals surface area contributed by atoms with Crippen LogP contribution in [0, 0.1) is 0 Å². The van der Waals surface area contributed by atoms with Gasteiger partial charge in [-0.25, -0.2) is 4.18 Å². The van der Waals surface area contributed by atoms with E-state index < -0.39 is 33.5 Å². The van der Waals surface area contributed by atoms with Crippen molar-refractivity contribution in [1.29, 1.82) is 0 Å². The van der Waals surface area contributed by atoms with Gasteiger partial charge in [0, 0.05) is 0 Å². The van der Waals surface area contributed by atoms with Crippen molar-refractivity contribution >= 4 is 52.5 Å². The monoisotopic (exact) mass is 422 g/mol. The summed E-state index contributed by atoms with van der Waals surface area (Å²) in [6, 6.07) is 7.22. The van der Waals surface area contributed by atoms with E-state index in [1.54, 1.807) is 13.0 Å². The van der Waals surface area contributed by atoms with E-state index >= 15 is 0 Å². The SMILES string of the molecule is C[C@@H]1CCO[P@@](=O)([C@@H](OS(=O)(=O)c2ccccc2)C(Cl)(Cl)Cl)O1. The van der Waals surface area contributed by atoms with Crippen LogP contribution in [0.2, 0.25) is 0 Å². The van der Waals surface area contributed by atoms with Crippen LogP contribution >= 0.6 is 42.4 Å². The first-order valence-corrected chi connectivity index (χ1v) is 10.7. The van der Waals surface area contributed by atoms with Crippen LogP contribution in [-0.4, -0.2) is 30.8 Å². The molecule has 3 atom stereocenters. The fourth-order valence-electron chi connectivity index (χ4n) is 1.85. The van der Waals surface area contributed by atoms with Crippen LogP contribution in [0.15, 0.2) is 35.2 Å². The fourth-order valence-corrected chi connectivity index (χ4v) is 6.60. The van der Waals surface area contributed by atoms with Gasteiger partial charge in [-0.05, 0) is 25.5 Å². The molecule has 11 heteroatoms. The van der Waals surface area contributed by atoms with Crippen molar-refractivity contribution in [2.45, 2.75) is 34.0 Å². The van der Waals surface area contributed by atoms with Crippen molar-refractivity contribution in [2.75, 3.05) is 6.61 Å². The van der Waals surface area contributed by atoms with Crippen LogP contribution in [0.5, 0.6) is 0 Å². The lowest BCUT2D eigenvalue weighted by atomic mass is 10.3. The molecule has 1 aromatic carbocycles. The maximum atomic E-state index is 12.8. The first-order chi connectivity index (χ1) is 10.5. The Bertz CT molecular complexity index is 690. The maximum Gasteiger partial charge on any atom is 0.365 e. The summed E-state index contributed by atoms with van der Waals surface area (Å²) in [5.41, 5.74) is 0. The van der Waals surface area contributed by atoms with Crippen LogP contribution in [0.4, 0.5) is 0 Å². The second-order valence-corrected chi connectivity index (χ2v) is 10.8. The molecule has 0 amide bonds. The Hall–Kier alpha value is 0.150. The fraction of sp³-hybridized carbons (Fsp3) is 0.500. The molecule has 1 saturated heterocycles. The highest BCUT2D eigenvalue weighted by Crippen LogP contribution is 2.63. The molecule has 130 valence electrons. The molecule has 0 N–H and O–H groups in total. The van der Waals surface area contributed by atoms with Gasteiger partial charge in [0.25, 0.3) is 10.1 Å².